The first-order chi connectivity index (χ1) is 13.2. The molecule has 9 heteroatoms. The number of ether oxygens (including phenoxy) is 1. The van der Waals surface area contributed by atoms with Crippen molar-refractivity contribution in [2.24, 2.45) is 4.99 Å². The number of guanidine groups is 1. The number of thiazole rings is 1. The molecule has 0 aliphatic heterocycles. The van der Waals surface area contributed by atoms with Crippen LogP contribution in [0.5, 0.6) is 5.75 Å². The molecule has 2 rings (SSSR count). The molecular weight excluding hydrogens is 389 g/mol. The molecule has 2 aromatic rings. The van der Waals surface area contributed by atoms with Crippen LogP contribution in [-0.2, 0) is 13.0 Å². The van der Waals surface area contributed by atoms with Gasteiger partial charge in [-0.15, -0.1) is 11.3 Å². The van der Waals surface area contributed by atoms with Gasteiger partial charge in [0, 0.05) is 37.0 Å². The van der Waals surface area contributed by atoms with Crippen molar-refractivity contribution in [3.8, 4) is 5.75 Å². The molecule has 0 saturated heterocycles. The summed E-state index contributed by atoms with van der Waals surface area (Å²) in [7, 11) is 1.65. The average molecular weight is 414 g/mol. The number of aryl methyl sites for hydroxylation is 3. The van der Waals surface area contributed by atoms with Crippen molar-refractivity contribution in [1.29, 1.82) is 0 Å². The summed E-state index contributed by atoms with van der Waals surface area (Å²) in [4.78, 5) is 9.79. The molecule has 1 aromatic carbocycles. The van der Waals surface area contributed by atoms with E-state index in [-0.39, 0.29) is 5.75 Å². The molecule has 154 valence electrons. The van der Waals surface area contributed by atoms with E-state index in [0.29, 0.717) is 24.6 Å². The predicted octanol–water partition coefficient (Wildman–Crippen LogP) is 3.92. The largest absolute Gasteiger partial charge is 0.484 e. The minimum absolute atomic E-state index is 0.219. The first-order valence-electron chi connectivity index (χ1n) is 8.84. The molecule has 0 amide bonds. The minimum atomic E-state index is -4.38. The number of rotatable bonds is 7. The number of halogens is 3. The minimum Gasteiger partial charge on any atom is -0.484 e. The van der Waals surface area contributed by atoms with Crippen molar-refractivity contribution in [3.05, 3.63) is 44.9 Å². The fourth-order valence-corrected chi connectivity index (χ4v) is 3.54. The van der Waals surface area contributed by atoms with Gasteiger partial charge in [0.25, 0.3) is 0 Å². The Labute approximate surface area is 167 Å². The van der Waals surface area contributed by atoms with E-state index in [1.54, 1.807) is 37.4 Å². The highest BCUT2D eigenvalue weighted by molar-refractivity contribution is 7.11. The van der Waals surface area contributed by atoms with Crippen molar-refractivity contribution >= 4 is 17.3 Å². The predicted molar refractivity (Wildman–Crippen MR) is 106 cm³/mol. The summed E-state index contributed by atoms with van der Waals surface area (Å²) in [6.07, 6.45) is -3.55. The molecule has 5 nitrogen and oxygen atoms in total. The Morgan fingerprint density at radius 2 is 1.96 bits per heavy atom. The number of nitrogens with one attached hydrogen (secondary N) is 2. The zero-order chi connectivity index (χ0) is 20.7. The van der Waals surface area contributed by atoms with Gasteiger partial charge in [0.05, 0.1) is 10.7 Å². The molecule has 0 radical (unpaired) electrons. The van der Waals surface area contributed by atoms with Crippen LogP contribution in [0.2, 0.25) is 0 Å². The monoisotopic (exact) mass is 414 g/mol. The van der Waals surface area contributed by atoms with E-state index < -0.39 is 12.8 Å². The van der Waals surface area contributed by atoms with E-state index in [4.69, 9.17) is 4.74 Å². The summed E-state index contributed by atoms with van der Waals surface area (Å²) in [5, 5.41) is 7.37. The molecule has 0 saturated carbocycles. The lowest BCUT2D eigenvalue weighted by Gasteiger charge is -2.16. The second kappa shape index (κ2) is 9.77. The van der Waals surface area contributed by atoms with Gasteiger partial charge in [-0.2, -0.15) is 13.2 Å². The normalized spacial score (nSPS) is 12.2. The maximum Gasteiger partial charge on any atom is 0.422 e. The number of alkyl halides is 3. The molecule has 2 N–H and O–H groups in total. The number of aromatic nitrogens is 1. The number of nitrogens with zero attached hydrogens (tertiary/aromatic N) is 2. The third-order valence-corrected chi connectivity index (χ3v) is 5.06. The molecule has 1 aromatic heterocycles. The lowest BCUT2D eigenvalue weighted by molar-refractivity contribution is -0.153. The quantitative estimate of drug-likeness (QED) is 0.533. The number of aliphatic imine (C=N–C) groups is 1. The summed E-state index contributed by atoms with van der Waals surface area (Å²) in [6, 6.07) is 5.20. The van der Waals surface area contributed by atoms with Crippen LogP contribution >= 0.6 is 11.3 Å². The zero-order valence-corrected chi connectivity index (χ0v) is 17.2. The molecule has 0 fully saturated rings. The fraction of sp³-hybridized carbons (Fsp3) is 0.474. The van der Waals surface area contributed by atoms with E-state index in [9.17, 15) is 13.2 Å². The van der Waals surface area contributed by atoms with E-state index in [1.165, 1.54) is 4.88 Å². The maximum atomic E-state index is 12.5. The standard InChI is InChI=1S/C19H25F3N4OS/c1-12-5-6-15(16(9-12)27-11-19(20,21)22)10-25-18(23-4)24-8-7-17-13(2)26-14(3)28-17/h5-6,9H,7-8,10-11H2,1-4H3,(H2,23,24,25). The van der Waals surface area contributed by atoms with Crippen LogP contribution in [0.3, 0.4) is 0 Å². The molecule has 0 unspecified atom stereocenters. The van der Waals surface area contributed by atoms with Gasteiger partial charge in [0.2, 0.25) is 0 Å². The van der Waals surface area contributed by atoms with Crippen LogP contribution in [0.4, 0.5) is 13.2 Å². The highest BCUT2D eigenvalue weighted by Gasteiger charge is 2.28. The Kier molecular flexibility index (Phi) is 7.68. The van der Waals surface area contributed by atoms with Crippen molar-refractivity contribution in [2.75, 3.05) is 20.2 Å². The molecule has 1 heterocycles. The van der Waals surface area contributed by atoms with Crippen LogP contribution in [0.15, 0.2) is 23.2 Å². The fourth-order valence-electron chi connectivity index (χ4n) is 2.60. The Bertz CT molecular complexity index is 818. The third kappa shape index (κ3) is 7.03. The van der Waals surface area contributed by atoms with Gasteiger partial charge in [-0.3, -0.25) is 4.99 Å². The smallest absolute Gasteiger partial charge is 0.422 e. The average Bonchev–Trinajstić information content (AvgIpc) is 2.94. The van der Waals surface area contributed by atoms with E-state index in [0.717, 1.165) is 22.7 Å². The highest BCUT2D eigenvalue weighted by atomic mass is 32.1. The van der Waals surface area contributed by atoms with E-state index >= 15 is 0 Å². The summed E-state index contributed by atoms with van der Waals surface area (Å²) >= 11 is 1.67. The molecule has 0 aliphatic rings. The zero-order valence-electron chi connectivity index (χ0n) is 16.4. The summed E-state index contributed by atoms with van der Waals surface area (Å²) < 4.78 is 42.4. The van der Waals surface area contributed by atoms with Crippen LogP contribution < -0.4 is 15.4 Å². The molecule has 28 heavy (non-hydrogen) atoms. The second-order valence-electron chi connectivity index (χ2n) is 6.36. The summed E-state index contributed by atoms with van der Waals surface area (Å²) in [5.74, 6) is 0.789. The number of hydrogen-bond acceptors (Lipinski definition) is 4. The van der Waals surface area contributed by atoms with Gasteiger partial charge < -0.3 is 15.4 Å². The van der Waals surface area contributed by atoms with Crippen molar-refractivity contribution < 1.29 is 17.9 Å². The SMILES string of the molecule is CN=C(NCCc1sc(C)nc1C)NCc1ccc(C)cc1OCC(F)(F)F. The Morgan fingerprint density at radius 3 is 2.57 bits per heavy atom. The van der Waals surface area contributed by atoms with E-state index in [2.05, 4.69) is 20.6 Å². The van der Waals surface area contributed by atoms with Gasteiger partial charge in [-0.25, -0.2) is 4.98 Å². The first kappa shape index (κ1) is 22.0. The summed E-state index contributed by atoms with van der Waals surface area (Å²) in [6.45, 7) is 5.44. The Balaban J connectivity index is 1.91. The van der Waals surface area contributed by atoms with E-state index in [1.807, 2.05) is 19.9 Å². The summed E-state index contributed by atoms with van der Waals surface area (Å²) in [5.41, 5.74) is 2.50. The molecular formula is C19H25F3N4OS. The van der Waals surface area contributed by atoms with Gasteiger partial charge >= 0.3 is 6.18 Å². The van der Waals surface area contributed by atoms with Gasteiger partial charge in [0.1, 0.15) is 5.75 Å². The number of hydrogen-bond donors (Lipinski definition) is 2. The number of benzene rings is 1. The van der Waals surface area contributed by atoms with Crippen LogP contribution in [0, 0.1) is 20.8 Å². The Morgan fingerprint density at radius 1 is 1.21 bits per heavy atom. The lowest BCUT2D eigenvalue weighted by Crippen LogP contribution is -2.38. The topological polar surface area (TPSA) is 58.5 Å². The second-order valence-corrected chi connectivity index (χ2v) is 7.65. The lowest BCUT2D eigenvalue weighted by atomic mass is 10.1. The van der Waals surface area contributed by atoms with Gasteiger partial charge in [0.15, 0.2) is 12.6 Å². The van der Waals surface area contributed by atoms with Gasteiger partial charge in [-0.1, -0.05) is 12.1 Å². The highest BCUT2D eigenvalue weighted by Crippen LogP contribution is 2.23. The molecule has 0 bridgehead atoms. The molecule has 0 atom stereocenters. The maximum absolute atomic E-state index is 12.5. The van der Waals surface area contributed by atoms with Crippen molar-refractivity contribution in [1.82, 2.24) is 15.6 Å². The third-order valence-electron chi connectivity index (χ3n) is 3.93. The van der Waals surface area contributed by atoms with Crippen LogP contribution in [0.1, 0.15) is 26.7 Å². The van der Waals surface area contributed by atoms with Crippen LogP contribution in [0.25, 0.3) is 0 Å². The van der Waals surface area contributed by atoms with Crippen molar-refractivity contribution in [3.63, 3.8) is 0 Å². The van der Waals surface area contributed by atoms with Gasteiger partial charge in [-0.05, 0) is 32.4 Å². The first-order valence-corrected chi connectivity index (χ1v) is 9.66. The molecule has 0 aliphatic carbocycles. The van der Waals surface area contributed by atoms with Crippen LogP contribution in [-0.4, -0.2) is 37.3 Å². The van der Waals surface area contributed by atoms with Crippen molar-refractivity contribution in [2.45, 2.75) is 39.9 Å². The molecule has 0 spiro atoms. The Hall–Kier alpha value is -2.29.